The van der Waals surface area contributed by atoms with Crippen molar-refractivity contribution in [3.8, 4) is 0 Å². The predicted octanol–water partition coefficient (Wildman–Crippen LogP) is 9.51. The summed E-state index contributed by atoms with van der Waals surface area (Å²) in [5.74, 6) is 1.64. The molecule has 35 heavy (non-hydrogen) atoms. The second-order valence-corrected chi connectivity index (χ2v) is 11.5. The third-order valence-corrected chi connectivity index (χ3v) is 7.07. The van der Waals surface area contributed by atoms with Crippen molar-refractivity contribution in [1.29, 1.82) is 0 Å². The van der Waals surface area contributed by atoms with Gasteiger partial charge in [-0.15, -0.1) is 0 Å². The highest BCUT2D eigenvalue weighted by molar-refractivity contribution is 5.69. The molecule has 0 amide bonds. The van der Waals surface area contributed by atoms with Crippen LogP contribution in [0.4, 0.5) is 0 Å². The average Bonchev–Trinajstić information content (AvgIpc) is 2.77. The SMILES string of the molecule is CCC(/C=C(\C)CCC[C@H](C)CCC[C@H](C)CCCC(C)C)OC(=O)CCCCCCCC(=O)O. The van der Waals surface area contributed by atoms with Crippen LogP contribution in [0.3, 0.4) is 0 Å². The lowest BCUT2D eigenvalue weighted by Crippen LogP contribution is -2.15. The number of carboxylic acid groups (broad SMARTS) is 1. The molecule has 0 rings (SSSR count). The van der Waals surface area contributed by atoms with Crippen LogP contribution in [0.25, 0.3) is 0 Å². The lowest BCUT2D eigenvalue weighted by atomic mass is 9.91. The summed E-state index contributed by atoms with van der Waals surface area (Å²) < 4.78 is 5.68. The molecule has 1 unspecified atom stereocenters. The van der Waals surface area contributed by atoms with Gasteiger partial charge in [-0.3, -0.25) is 9.59 Å². The van der Waals surface area contributed by atoms with E-state index in [1.807, 2.05) is 0 Å². The first-order chi connectivity index (χ1) is 16.6. The molecule has 0 bridgehead atoms. The maximum absolute atomic E-state index is 12.2. The molecule has 1 N–H and O–H groups in total. The van der Waals surface area contributed by atoms with E-state index in [4.69, 9.17) is 9.84 Å². The maximum Gasteiger partial charge on any atom is 0.306 e. The molecular weight excluding hydrogens is 436 g/mol. The van der Waals surface area contributed by atoms with Crippen LogP contribution in [0.2, 0.25) is 0 Å². The molecule has 0 aliphatic carbocycles. The van der Waals surface area contributed by atoms with Crippen LogP contribution in [0.1, 0.15) is 151 Å². The number of carboxylic acids is 1. The van der Waals surface area contributed by atoms with Gasteiger partial charge in [-0.2, -0.15) is 0 Å². The Morgan fingerprint density at radius 1 is 0.714 bits per heavy atom. The van der Waals surface area contributed by atoms with Crippen molar-refractivity contribution in [2.24, 2.45) is 17.8 Å². The summed E-state index contributed by atoms with van der Waals surface area (Å²) in [5.41, 5.74) is 1.33. The number of aliphatic carboxylic acids is 1. The Balaban J connectivity index is 3.96. The molecule has 0 aromatic heterocycles. The van der Waals surface area contributed by atoms with E-state index in [1.54, 1.807) is 0 Å². The minimum Gasteiger partial charge on any atom is -0.481 e. The Labute approximate surface area is 217 Å². The number of carbonyl (C=O) groups excluding carboxylic acids is 1. The van der Waals surface area contributed by atoms with Crippen molar-refractivity contribution < 1.29 is 19.4 Å². The lowest BCUT2D eigenvalue weighted by Gasteiger charge is -2.16. The Bertz CT molecular complexity index is 566. The van der Waals surface area contributed by atoms with Crippen molar-refractivity contribution >= 4 is 11.9 Å². The van der Waals surface area contributed by atoms with E-state index >= 15 is 0 Å². The van der Waals surface area contributed by atoms with Gasteiger partial charge in [0.1, 0.15) is 6.10 Å². The molecule has 0 aromatic rings. The zero-order valence-corrected chi connectivity index (χ0v) is 24.1. The van der Waals surface area contributed by atoms with Crippen molar-refractivity contribution in [1.82, 2.24) is 0 Å². The molecule has 0 aromatic carbocycles. The van der Waals surface area contributed by atoms with Gasteiger partial charge in [0, 0.05) is 12.8 Å². The van der Waals surface area contributed by atoms with E-state index in [9.17, 15) is 9.59 Å². The Hall–Kier alpha value is -1.32. The van der Waals surface area contributed by atoms with Gasteiger partial charge in [0.2, 0.25) is 0 Å². The van der Waals surface area contributed by atoms with Crippen LogP contribution in [0, 0.1) is 17.8 Å². The number of esters is 1. The summed E-state index contributed by atoms with van der Waals surface area (Å²) in [7, 11) is 0. The summed E-state index contributed by atoms with van der Waals surface area (Å²) in [6, 6.07) is 0. The normalized spacial score (nSPS) is 14.7. The van der Waals surface area contributed by atoms with Crippen LogP contribution in [-0.2, 0) is 14.3 Å². The van der Waals surface area contributed by atoms with E-state index in [1.165, 1.54) is 56.9 Å². The molecule has 206 valence electrons. The van der Waals surface area contributed by atoms with Gasteiger partial charge < -0.3 is 9.84 Å². The van der Waals surface area contributed by atoms with E-state index in [2.05, 4.69) is 47.6 Å². The van der Waals surface area contributed by atoms with E-state index in [0.717, 1.165) is 62.7 Å². The Kier molecular flexibility index (Phi) is 21.1. The number of ether oxygens (including phenoxy) is 1. The summed E-state index contributed by atoms with van der Waals surface area (Å²) >= 11 is 0. The first kappa shape index (κ1) is 33.7. The van der Waals surface area contributed by atoms with Crippen molar-refractivity contribution in [2.45, 2.75) is 157 Å². The molecule has 0 aliphatic rings. The fourth-order valence-electron chi connectivity index (χ4n) is 4.65. The van der Waals surface area contributed by atoms with Gasteiger partial charge in [0.05, 0.1) is 0 Å². The Morgan fingerprint density at radius 2 is 1.23 bits per heavy atom. The number of hydrogen-bond donors (Lipinski definition) is 1. The number of hydrogen-bond acceptors (Lipinski definition) is 3. The first-order valence-corrected chi connectivity index (χ1v) is 14.7. The Morgan fingerprint density at radius 3 is 1.77 bits per heavy atom. The second kappa shape index (κ2) is 21.9. The van der Waals surface area contributed by atoms with Crippen LogP contribution in [0.5, 0.6) is 0 Å². The quantitative estimate of drug-likeness (QED) is 0.0872. The van der Waals surface area contributed by atoms with Crippen LogP contribution in [-0.4, -0.2) is 23.1 Å². The molecule has 4 heteroatoms. The first-order valence-electron chi connectivity index (χ1n) is 14.7. The molecule has 0 radical (unpaired) electrons. The third-order valence-electron chi connectivity index (χ3n) is 7.07. The van der Waals surface area contributed by atoms with Crippen LogP contribution < -0.4 is 0 Å². The van der Waals surface area contributed by atoms with Gasteiger partial charge in [-0.25, -0.2) is 0 Å². The molecule has 3 atom stereocenters. The lowest BCUT2D eigenvalue weighted by molar-refractivity contribution is -0.147. The number of rotatable bonds is 23. The number of unbranched alkanes of at least 4 members (excludes halogenated alkanes) is 4. The topological polar surface area (TPSA) is 63.6 Å². The molecular formula is C31H58O4. The van der Waals surface area contributed by atoms with Crippen LogP contribution >= 0.6 is 0 Å². The van der Waals surface area contributed by atoms with Gasteiger partial charge in [-0.05, 0) is 62.9 Å². The number of carbonyl (C=O) groups is 2. The van der Waals surface area contributed by atoms with Crippen molar-refractivity contribution in [3.63, 3.8) is 0 Å². The fourth-order valence-corrected chi connectivity index (χ4v) is 4.65. The largest absolute Gasteiger partial charge is 0.481 e. The average molecular weight is 495 g/mol. The molecule has 0 saturated carbocycles. The van der Waals surface area contributed by atoms with Crippen molar-refractivity contribution in [3.05, 3.63) is 11.6 Å². The summed E-state index contributed by atoms with van der Waals surface area (Å²) in [6.07, 6.45) is 19.7. The third kappa shape index (κ3) is 22.9. The highest BCUT2D eigenvalue weighted by Gasteiger charge is 2.11. The molecule has 0 saturated heterocycles. The summed E-state index contributed by atoms with van der Waals surface area (Å²) in [6.45, 7) is 13.7. The molecule has 0 fully saturated rings. The minimum absolute atomic E-state index is 0.113. The molecule has 0 heterocycles. The summed E-state index contributed by atoms with van der Waals surface area (Å²) in [4.78, 5) is 22.7. The molecule has 4 nitrogen and oxygen atoms in total. The second-order valence-electron chi connectivity index (χ2n) is 11.5. The molecule has 0 aliphatic heterocycles. The van der Waals surface area contributed by atoms with E-state index in [0.29, 0.717) is 6.42 Å². The van der Waals surface area contributed by atoms with E-state index < -0.39 is 5.97 Å². The van der Waals surface area contributed by atoms with Gasteiger partial charge >= 0.3 is 11.9 Å². The minimum atomic E-state index is -0.732. The maximum atomic E-state index is 12.2. The van der Waals surface area contributed by atoms with E-state index in [-0.39, 0.29) is 18.5 Å². The standard InChI is InChI=1S/C31H58O4/c1-7-29(35-31(34)23-12-10-8-9-11-22-30(32)33)24-28(6)21-15-20-27(5)19-14-18-26(4)17-13-16-25(2)3/h24-27,29H,7-23H2,1-6H3,(H,32,33)/b28-24+/t26-,27-,29?/m1/s1. The highest BCUT2D eigenvalue weighted by atomic mass is 16.5. The van der Waals surface area contributed by atoms with Crippen molar-refractivity contribution in [2.75, 3.05) is 0 Å². The van der Waals surface area contributed by atoms with Gasteiger partial charge in [-0.1, -0.05) is 104 Å². The number of allylic oxidation sites excluding steroid dienone is 1. The van der Waals surface area contributed by atoms with Crippen LogP contribution in [0.15, 0.2) is 11.6 Å². The van der Waals surface area contributed by atoms with Gasteiger partial charge in [0.25, 0.3) is 0 Å². The fraction of sp³-hybridized carbons (Fsp3) is 0.871. The zero-order valence-electron chi connectivity index (χ0n) is 24.1. The summed E-state index contributed by atoms with van der Waals surface area (Å²) in [5, 5.41) is 8.65. The van der Waals surface area contributed by atoms with Gasteiger partial charge in [0.15, 0.2) is 0 Å². The zero-order chi connectivity index (χ0) is 26.5. The highest BCUT2D eigenvalue weighted by Crippen LogP contribution is 2.22. The molecule has 0 spiro atoms. The predicted molar refractivity (Wildman–Crippen MR) is 149 cm³/mol. The monoisotopic (exact) mass is 494 g/mol. The smallest absolute Gasteiger partial charge is 0.306 e.